The van der Waals surface area contributed by atoms with E-state index in [-0.39, 0.29) is 11.9 Å². The highest BCUT2D eigenvalue weighted by Gasteiger charge is 2.49. The maximum atomic E-state index is 13.2. The number of nitrogens with zero attached hydrogens (tertiary/aromatic N) is 2. The Labute approximate surface area is 163 Å². The Bertz CT molecular complexity index is 937. The molecule has 1 saturated heterocycles. The summed E-state index contributed by atoms with van der Waals surface area (Å²) >= 11 is 1.79. The molecule has 1 fully saturated rings. The number of rotatable bonds is 3. The predicted molar refractivity (Wildman–Crippen MR) is 104 cm³/mol. The summed E-state index contributed by atoms with van der Waals surface area (Å²) in [7, 11) is 0. The van der Waals surface area contributed by atoms with Crippen LogP contribution in [0.1, 0.15) is 40.5 Å². The lowest BCUT2D eigenvalue weighted by Gasteiger charge is -2.30. The largest absolute Gasteiger partial charge is 0.326 e. The summed E-state index contributed by atoms with van der Waals surface area (Å²) in [6.45, 7) is 3.85. The molecular weight excluding hydrogens is 358 g/mol. The van der Waals surface area contributed by atoms with E-state index in [1.165, 1.54) is 32.9 Å². The van der Waals surface area contributed by atoms with E-state index in [0.717, 1.165) is 37.9 Å². The molecule has 1 unspecified atom stereocenters. The third kappa shape index (κ3) is 2.70. The molecule has 140 valence electrons. The first-order valence-electron chi connectivity index (χ1n) is 9.58. The van der Waals surface area contributed by atoms with Crippen molar-refractivity contribution in [2.24, 2.45) is 0 Å². The molecule has 5 rings (SSSR count). The molecule has 0 saturated carbocycles. The van der Waals surface area contributed by atoms with Gasteiger partial charge in [-0.3, -0.25) is 9.69 Å². The van der Waals surface area contributed by atoms with E-state index in [1.807, 2.05) is 13.0 Å². The molecule has 3 heterocycles. The second-order valence-corrected chi connectivity index (χ2v) is 8.94. The monoisotopic (exact) mass is 381 g/mol. The first-order valence-corrected chi connectivity index (χ1v) is 10.5. The normalized spacial score (nSPS) is 24.9. The molecule has 0 radical (unpaired) electrons. The molecule has 1 aromatic carbocycles. The van der Waals surface area contributed by atoms with Crippen molar-refractivity contribution in [3.05, 3.63) is 56.8 Å². The average Bonchev–Trinajstić information content (AvgIpc) is 3.36. The molecule has 6 heteroatoms. The smallest absolute Gasteiger partial charge is 0.319 e. The molecule has 3 amide bonds. The lowest BCUT2D eigenvalue weighted by molar-refractivity contribution is -0.132. The highest BCUT2D eigenvalue weighted by Crippen LogP contribution is 2.33. The van der Waals surface area contributed by atoms with Crippen LogP contribution in [0.25, 0.3) is 0 Å². The Balaban J connectivity index is 1.37. The van der Waals surface area contributed by atoms with Crippen LogP contribution in [0.4, 0.5) is 4.79 Å². The van der Waals surface area contributed by atoms with E-state index >= 15 is 0 Å². The first kappa shape index (κ1) is 17.0. The van der Waals surface area contributed by atoms with Gasteiger partial charge in [0.2, 0.25) is 0 Å². The fraction of sp³-hybridized carbons (Fsp3) is 0.429. The van der Waals surface area contributed by atoms with E-state index in [4.69, 9.17) is 0 Å². The number of fused-ring (bicyclic) bond motifs is 2. The Morgan fingerprint density at radius 1 is 1.11 bits per heavy atom. The molecule has 1 atom stereocenters. The van der Waals surface area contributed by atoms with Gasteiger partial charge in [-0.2, -0.15) is 0 Å². The molecule has 2 aromatic rings. The van der Waals surface area contributed by atoms with Gasteiger partial charge in [-0.15, -0.1) is 11.3 Å². The van der Waals surface area contributed by atoms with Gasteiger partial charge in [-0.25, -0.2) is 9.69 Å². The quantitative estimate of drug-likeness (QED) is 0.832. The zero-order valence-corrected chi connectivity index (χ0v) is 16.3. The highest BCUT2D eigenvalue weighted by atomic mass is 32.1. The molecule has 1 N–H and O–H groups in total. The van der Waals surface area contributed by atoms with E-state index < -0.39 is 5.54 Å². The van der Waals surface area contributed by atoms with Gasteiger partial charge < -0.3 is 5.32 Å². The standard InChI is InChI=1S/C21H23N3O2S/c1-21(17-6-5-14-3-2-4-15(14)11-17)19(25)24(20(26)22-21)13-23-9-7-18-16(12-23)8-10-27-18/h5-6,8,10-11H,2-4,7,9,12-13H2,1H3,(H,22,26). The van der Waals surface area contributed by atoms with E-state index in [0.29, 0.717) is 6.67 Å². The van der Waals surface area contributed by atoms with Crippen LogP contribution in [-0.4, -0.2) is 35.0 Å². The Morgan fingerprint density at radius 3 is 2.85 bits per heavy atom. The molecule has 0 spiro atoms. The fourth-order valence-electron chi connectivity index (χ4n) is 4.53. The van der Waals surface area contributed by atoms with Gasteiger partial charge in [0.05, 0.1) is 6.67 Å². The Kier molecular flexibility index (Phi) is 3.88. The fourth-order valence-corrected chi connectivity index (χ4v) is 5.42. The number of aryl methyl sites for hydroxylation is 2. The van der Waals surface area contributed by atoms with Gasteiger partial charge in [-0.05, 0) is 66.3 Å². The molecule has 3 aliphatic rings. The minimum absolute atomic E-state index is 0.151. The van der Waals surface area contributed by atoms with Gasteiger partial charge in [-0.1, -0.05) is 18.2 Å². The summed E-state index contributed by atoms with van der Waals surface area (Å²) in [4.78, 5) is 30.9. The van der Waals surface area contributed by atoms with Crippen LogP contribution in [0.3, 0.4) is 0 Å². The number of carbonyl (C=O) groups excluding carboxylic acids is 2. The summed E-state index contributed by atoms with van der Waals surface area (Å²) in [5, 5.41) is 5.07. The summed E-state index contributed by atoms with van der Waals surface area (Å²) in [6.07, 6.45) is 4.32. The van der Waals surface area contributed by atoms with E-state index in [9.17, 15) is 9.59 Å². The third-order valence-corrected chi connectivity index (χ3v) is 7.20. The minimum Gasteiger partial charge on any atom is -0.319 e. The number of benzene rings is 1. The van der Waals surface area contributed by atoms with Crippen LogP contribution >= 0.6 is 11.3 Å². The first-order chi connectivity index (χ1) is 13.0. The van der Waals surface area contributed by atoms with Crippen molar-refractivity contribution in [3.8, 4) is 0 Å². The molecule has 0 bridgehead atoms. The highest BCUT2D eigenvalue weighted by molar-refractivity contribution is 7.10. The number of hydrogen-bond acceptors (Lipinski definition) is 4. The zero-order valence-electron chi connectivity index (χ0n) is 15.5. The van der Waals surface area contributed by atoms with Crippen molar-refractivity contribution in [2.45, 2.75) is 44.7 Å². The second-order valence-electron chi connectivity index (χ2n) is 7.94. The molecule has 2 aliphatic heterocycles. The lowest BCUT2D eigenvalue weighted by atomic mass is 9.90. The maximum absolute atomic E-state index is 13.2. The van der Waals surface area contributed by atoms with Crippen molar-refractivity contribution < 1.29 is 9.59 Å². The molecule has 27 heavy (non-hydrogen) atoms. The topological polar surface area (TPSA) is 52.7 Å². The summed E-state index contributed by atoms with van der Waals surface area (Å²) in [5.74, 6) is -0.151. The zero-order chi connectivity index (χ0) is 18.6. The third-order valence-electron chi connectivity index (χ3n) is 6.18. The van der Waals surface area contributed by atoms with Crippen molar-refractivity contribution >= 4 is 23.3 Å². The van der Waals surface area contributed by atoms with Crippen molar-refractivity contribution in [1.82, 2.24) is 15.1 Å². The number of thiophene rings is 1. The summed E-state index contributed by atoms with van der Waals surface area (Å²) in [5.41, 5.74) is 3.92. The predicted octanol–water partition coefficient (Wildman–Crippen LogP) is 3.02. The van der Waals surface area contributed by atoms with Gasteiger partial charge in [0.25, 0.3) is 5.91 Å². The van der Waals surface area contributed by atoms with Gasteiger partial charge in [0.1, 0.15) is 5.54 Å². The number of urea groups is 1. The molecular formula is C21H23N3O2S. The van der Waals surface area contributed by atoms with Crippen molar-refractivity contribution in [1.29, 1.82) is 0 Å². The van der Waals surface area contributed by atoms with Crippen LogP contribution in [0.15, 0.2) is 29.6 Å². The van der Waals surface area contributed by atoms with E-state index in [1.54, 1.807) is 11.3 Å². The van der Waals surface area contributed by atoms with Gasteiger partial charge in [0.15, 0.2) is 0 Å². The summed E-state index contributed by atoms with van der Waals surface area (Å²) in [6, 6.07) is 8.09. The maximum Gasteiger partial charge on any atom is 0.326 e. The van der Waals surface area contributed by atoms with Crippen LogP contribution in [-0.2, 0) is 36.1 Å². The molecule has 1 aliphatic carbocycles. The lowest BCUT2D eigenvalue weighted by Crippen LogP contribution is -2.45. The van der Waals surface area contributed by atoms with Gasteiger partial charge >= 0.3 is 6.03 Å². The average molecular weight is 382 g/mol. The van der Waals surface area contributed by atoms with Crippen molar-refractivity contribution in [3.63, 3.8) is 0 Å². The number of carbonyl (C=O) groups is 2. The Morgan fingerprint density at radius 2 is 1.96 bits per heavy atom. The van der Waals surface area contributed by atoms with E-state index in [2.05, 4.69) is 33.8 Å². The molecule has 5 nitrogen and oxygen atoms in total. The van der Waals surface area contributed by atoms with Crippen LogP contribution < -0.4 is 5.32 Å². The van der Waals surface area contributed by atoms with Crippen molar-refractivity contribution in [2.75, 3.05) is 13.2 Å². The number of imide groups is 1. The summed E-state index contributed by atoms with van der Waals surface area (Å²) < 4.78 is 0. The van der Waals surface area contributed by atoms with Crippen LogP contribution in [0, 0.1) is 0 Å². The van der Waals surface area contributed by atoms with Crippen LogP contribution in [0.2, 0.25) is 0 Å². The van der Waals surface area contributed by atoms with Gasteiger partial charge in [0, 0.05) is 18.0 Å². The number of hydrogen-bond donors (Lipinski definition) is 1. The SMILES string of the molecule is CC1(c2ccc3c(c2)CCC3)NC(=O)N(CN2CCc3sccc3C2)C1=O. The molecule has 1 aromatic heterocycles. The number of amides is 3. The van der Waals surface area contributed by atoms with Crippen LogP contribution in [0.5, 0.6) is 0 Å². The second kappa shape index (κ2) is 6.17. The minimum atomic E-state index is -0.974. The number of nitrogens with one attached hydrogen (secondary N) is 1. The Hall–Kier alpha value is -2.18.